The molecule has 0 bridgehead atoms. The molecule has 0 aliphatic heterocycles. The minimum Gasteiger partial charge on any atom is -0.398 e. The molecule has 0 saturated carbocycles. The summed E-state index contributed by atoms with van der Waals surface area (Å²) in [5.74, 6) is -0.664. The Morgan fingerprint density at radius 3 is 2.75 bits per heavy atom. The van der Waals surface area contributed by atoms with Crippen molar-refractivity contribution in [3.63, 3.8) is 0 Å². The Balaban J connectivity index is 3.54. The van der Waals surface area contributed by atoms with Crippen molar-refractivity contribution in [3.8, 4) is 6.07 Å². The normalized spacial score (nSPS) is 9.50. The summed E-state index contributed by atoms with van der Waals surface area (Å²) in [6, 6.07) is 2.97. The second kappa shape index (κ2) is 3.30. The summed E-state index contributed by atoms with van der Waals surface area (Å²) in [6.45, 7) is 0. The average molecular weight is 249 g/mol. The van der Waals surface area contributed by atoms with Crippen LogP contribution in [0.3, 0.4) is 0 Å². The summed E-state index contributed by atoms with van der Waals surface area (Å²) in [7, 11) is 0. The van der Waals surface area contributed by atoms with Crippen LogP contribution in [0.2, 0.25) is 5.02 Å². The van der Waals surface area contributed by atoms with Gasteiger partial charge in [-0.1, -0.05) is 11.6 Å². The average Bonchev–Trinajstić information content (AvgIpc) is 2.01. The van der Waals surface area contributed by atoms with Crippen LogP contribution in [0, 0.1) is 17.1 Å². The van der Waals surface area contributed by atoms with Crippen molar-refractivity contribution in [2.24, 2.45) is 0 Å². The molecule has 0 radical (unpaired) electrons. The predicted octanol–water partition coefficient (Wildman–Crippen LogP) is 2.70. The van der Waals surface area contributed by atoms with Crippen molar-refractivity contribution >= 4 is 33.2 Å². The zero-order chi connectivity index (χ0) is 9.30. The lowest BCUT2D eigenvalue weighted by Gasteiger charge is -2.02. The highest BCUT2D eigenvalue weighted by molar-refractivity contribution is 9.10. The highest BCUT2D eigenvalue weighted by Gasteiger charge is 2.12. The molecule has 2 nitrogen and oxygen atoms in total. The molecule has 62 valence electrons. The molecule has 0 aliphatic carbocycles. The molecule has 5 heteroatoms. The molecule has 2 N–H and O–H groups in total. The Morgan fingerprint density at radius 2 is 2.25 bits per heavy atom. The van der Waals surface area contributed by atoms with Crippen molar-refractivity contribution in [2.45, 2.75) is 0 Å². The Hall–Kier alpha value is -0.790. The third kappa shape index (κ3) is 1.38. The quantitative estimate of drug-likeness (QED) is 0.568. The summed E-state index contributed by atoms with van der Waals surface area (Å²) in [5.41, 5.74) is 5.63. The molecule has 0 saturated heterocycles. The molecule has 0 spiro atoms. The van der Waals surface area contributed by atoms with E-state index in [9.17, 15) is 4.39 Å². The number of benzene rings is 1. The fraction of sp³-hybridized carbons (Fsp3) is 0. The van der Waals surface area contributed by atoms with Gasteiger partial charge in [-0.15, -0.1) is 0 Å². The lowest BCUT2D eigenvalue weighted by molar-refractivity contribution is 0.621. The van der Waals surface area contributed by atoms with Crippen LogP contribution in [0.5, 0.6) is 0 Å². The number of halogens is 3. The maximum Gasteiger partial charge on any atom is 0.157 e. The Morgan fingerprint density at radius 1 is 1.67 bits per heavy atom. The molecule has 0 heterocycles. The summed E-state index contributed by atoms with van der Waals surface area (Å²) < 4.78 is 13.0. The van der Waals surface area contributed by atoms with Gasteiger partial charge in [0.15, 0.2) is 5.82 Å². The van der Waals surface area contributed by atoms with E-state index in [4.69, 9.17) is 22.6 Å². The minimum atomic E-state index is -0.664. The summed E-state index contributed by atoms with van der Waals surface area (Å²) in [6.07, 6.45) is 0. The van der Waals surface area contributed by atoms with E-state index in [-0.39, 0.29) is 20.7 Å². The Kier molecular flexibility index (Phi) is 2.55. The number of hydrogen-bond donors (Lipinski definition) is 1. The van der Waals surface area contributed by atoms with Crippen LogP contribution in [-0.2, 0) is 0 Å². The zero-order valence-electron chi connectivity index (χ0n) is 5.74. The molecule has 1 aromatic carbocycles. The lowest BCUT2D eigenvalue weighted by atomic mass is 10.2. The number of rotatable bonds is 0. The number of nitriles is 1. The van der Waals surface area contributed by atoms with Gasteiger partial charge in [-0.25, -0.2) is 4.39 Å². The minimum absolute atomic E-state index is 0.00926. The van der Waals surface area contributed by atoms with E-state index < -0.39 is 5.82 Å². The number of anilines is 1. The van der Waals surface area contributed by atoms with E-state index in [1.54, 1.807) is 6.07 Å². The molecule has 0 aliphatic rings. The van der Waals surface area contributed by atoms with Gasteiger partial charge in [-0.3, -0.25) is 0 Å². The monoisotopic (exact) mass is 248 g/mol. The molecular weight excluding hydrogens is 246 g/mol. The summed E-state index contributed by atoms with van der Waals surface area (Å²) >= 11 is 8.33. The third-order valence-corrected chi connectivity index (χ3v) is 2.32. The summed E-state index contributed by atoms with van der Waals surface area (Å²) in [5, 5.41) is 8.45. The molecule has 12 heavy (non-hydrogen) atoms. The first-order valence-electron chi connectivity index (χ1n) is 2.91. The smallest absolute Gasteiger partial charge is 0.157 e. The van der Waals surface area contributed by atoms with Gasteiger partial charge in [-0.2, -0.15) is 5.26 Å². The van der Waals surface area contributed by atoms with E-state index >= 15 is 0 Å². The maximum absolute atomic E-state index is 13.0. The number of nitrogens with two attached hydrogens (primary N) is 1. The van der Waals surface area contributed by atoms with Gasteiger partial charge in [0.05, 0.1) is 20.7 Å². The predicted molar refractivity (Wildman–Crippen MR) is 48.2 cm³/mol. The molecular formula is C7H3BrClFN2. The zero-order valence-corrected chi connectivity index (χ0v) is 8.08. The molecule has 0 aromatic heterocycles. The molecule has 0 unspecified atom stereocenters. The first-order valence-corrected chi connectivity index (χ1v) is 4.08. The summed E-state index contributed by atoms with van der Waals surface area (Å²) in [4.78, 5) is 0. The van der Waals surface area contributed by atoms with Crippen LogP contribution < -0.4 is 5.73 Å². The van der Waals surface area contributed by atoms with E-state index in [0.29, 0.717) is 0 Å². The number of nitrogens with zero attached hydrogens (tertiary/aromatic N) is 1. The van der Waals surface area contributed by atoms with E-state index in [0.717, 1.165) is 0 Å². The van der Waals surface area contributed by atoms with E-state index in [1.165, 1.54) is 6.07 Å². The van der Waals surface area contributed by atoms with E-state index in [1.807, 2.05) is 0 Å². The van der Waals surface area contributed by atoms with E-state index in [2.05, 4.69) is 15.9 Å². The molecule has 0 fully saturated rings. The number of nitrogen functional groups attached to an aromatic ring is 1. The van der Waals surface area contributed by atoms with Crippen LogP contribution in [0.25, 0.3) is 0 Å². The van der Waals surface area contributed by atoms with Crippen molar-refractivity contribution in [1.29, 1.82) is 5.26 Å². The molecule has 1 rings (SSSR count). The second-order valence-electron chi connectivity index (χ2n) is 2.06. The van der Waals surface area contributed by atoms with Crippen LogP contribution in [0.15, 0.2) is 10.5 Å². The Labute approximate surface area is 81.9 Å². The lowest BCUT2D eigenvalue weighted by Crippen LogP contribution is -1.94. The molecule has 1 aromatic rings. The van der Waals surface area contributed by atoms with Crippen LogP contribution in [0.1, 0.15) is 5.56 Å². The molecule has 0 atom stereocenters. The van der Waals surface area contributed by atoms with Crippen molar-refractivity contribution in [3.05, 3.63) is 26.9 Å². The van der Waals surface area contributed by atoms with Crippen LogP contribution >= 0.6 is 27.5 Å². The van der Waals surface area contributed by atoms with Gasteiger partial charge >= 0.3 is 0 Å². The van der Waals surface area contributed by atoms with Gasteiger partial charge < -0.3 is 5.73 Å². The van der Waals surface area contributed by atoms with Crippen LogP contribution in [-0.4, -0.2) is 0 Å². The largest absolute Gasteiger partial charge is 0.398 e. The number of hydrogen-bond acceptors (Lipinski definition) is 2. The first kappa shape index (κ1) is 9.30. The molecule has 0 amide bonds. The highest BCUT2D eigenvalue weighted by atomic mass is 79.9. The van der Waals surface area contributed by atoms with Gasteiger partial charge in [0.1, 0.15) is 6.07 Å². The van der Waals surface area contributed by atoms with Gasteiger partial charge in [0.25, 0.3) is 0 Å². The van der Waals surface area contributed by atoms with Gasteiger partial charge in [0.2, 0.25) is 0 Å². The van der Waals surface area contributed by atoms with Crippen molar-refractivity contribution in [1.82, 2.24) is 0 Å². The maximum atomic E-state index is 13.0. The van der Waals surface area contributed by atoms with Crippen molar-refractivity contribution in [2.75, 3.05) is 5.73 Å². The van der Waals surface area contributed by atoms with Gasteiger partial charge in [0, 0.05) is 0 Å². The topological polar surface area (TPSA) is 49.8 Å². The van der Waals surface area contributed by atoms with Gasteiger partial charge in [-0.05, 0) is 22.0 Å². The SMILES string of the molecule is N#Cc1c(N)cc(Cl)c(F)c1Br. The van der Waals surface area contributed by atoms with Crippen LogP contribution in [0.4, 0.5) is 10.1 Å². The Bertz CT molecular complexity index is 373. The fourth-order valence-electron chi connectivity index (χ4n) is 0.727. The van der Waals surface area contributed by atoms with Crippen molar-refractivity contribution < 1.29 is 4.39 Å². The fourth-order valence-corrected chi connectivity index (χ4v) is 1.58. The highest BCUT2D eigenvalue weighted by Crippen LogP contribution is 2.30. The third-order valence-electron chi connectivity index (χ3n) is 1.30. The second-order valence-corrected chi connectivity index (χ2v) is 3.26. The first-order chi connectivity index (χ1) is 5.57. The standard InChI is InChI=1S/C7H3BrClFN2/c8-6-3(2-11)5(12)1-4(9)7(6)10/h1H,12H2.